The molecule has 0 radical (unpaired) electrons. The van der Waals surface area contributed by atoms with Gasteiger partial charge in [0.25, 0.3) is 0 Å². The molecule has 5 heteroatoms. The first kappa shape index (κ1) is 15.4. The van der Waals surface area contributed by atoms with Crippen molar-refractivity contribution in [3.63, 3.8) is 0 Å². The number of likely N-dealkylation sites (tertiary alicyclic amines) is 1. The second-order valence-corrected chi connectivity index (χ2v) is 7.03. The molecule has 1 N–H and O–H groups in total. The van der Waals surface area contributed by atoms with Gasteiger partial charge >= 0.3 is 0 Å². The summed E-state index contributed by atoms with van der Waals surface area (Å²) in [5, 5.41) is 3.30. The summed E-state index contributed by atoms with van der Waals surface area (Å²) in [6, 6.07) is 8.16. The summed E-state index contributed by atoms with van der Waals surface area (Å²) >= 11 is 0. The normalized spacial score (nSPS) is 23.5. The first-order valence-electron chi connectivity index (χ1n) is 8.63. The molecule has 126 valence electrons. The molecule has 0 bridgehead atoms. The van der Waals surface area contributed by atoms with Crippen molar-refractivity contribution in [2.24, 2.45) is 0 Å². The second kappa shape index (κ2) is 6.06. The van der Waals surface area contributed by atoms with Crippen molar-refractivity contribution in [2.75, 3.05) is 13.1 Å². The number of carbonyl (C=O) groups is 1. The number of nitrogens with zero attached hydrogens (tertiary/aromatic N) is 2. The van der Waals surface area contributed by atoms with Gasteiger partial charge in [0.05, 0.1) is 6.54 Å². The van der Waals surface area contributed by atoms with Crippen molar-refractivity contribution in [3.05, 3.63) is 53.7 Å². The number of aromatic nitrogens is 1. The Morgan fingerprint density at radius 2 is 2.00 bits per heavy atom. The molecular weight excluding hydrogens is 302 g/mol. The lowest BCUT2D eigenvalue weighted by Gasteiger charge is -2.42. The summed E-state index contributed by atoms with van der Waals surface area (Å²) in [6.07, 6.45) is 6.18. The fourth-order valence-electron chi connectivity index (χ4n) is 4.20. The smallest absolute Gasteiger partial charge is 0.221 e. The molecule has 2 aliphatic heterocycles. The van der Waals surface area contributed by atoms with E-state index in [4.69, 9.17) is 4.42 Å². The maximum atomic E-state index is 12.1. The number of piperidine rings is 1. The van der Waals surface area contributed by atoms with Gasteiger partial charge in [0.15, 0.2) is 0 Å². The topological polar surface area (TPSA) is 58.4 Å². The predicted molar refractivity (Wildman–Crippen MR) is 90.4 cm³/mol. The Bertz CT molecular complexity index is 717. The number of carbonyl (C=O) groups excluding carboxylic acids is 1. The van der Waals surface area contributed by atoms with E-state index in [2.05, 4.69) is 21.3 Å². The number of hydrogen-bond donors (Lipinski definition) is 1. The zero-order valence-electron chi connectivity index (χ0n) is 14.0. The number of aryl methyl sites for hydroxylation is 1. The Kier molecular flexibility index (Phi) is 3.88. The molecule has 0 aliphatic carbocycles. The van der Waals surface area contributed by atoms with Gasteiger partial charge in [-0.25, -0.2) is 0 Å². The minimum atomic E-state index is -0.103. The van der Waals surface area contributed by atoms with Crippen LogP contribution in [-0.2, 0) is 11.3 Å². The largest absolute Gasteiger partial charge is 0.465 e. The summed E-state index contributed by atoms with van der Waals surface area (Å²) in [7, 11) is 0. The standard InChI is InChI=1S/C19H23N3O2/c1-14-2-3-16(24-14)13-22-10-6-19(7-11-22)17(12-18(23)21-19)15-4-8-20-9-5-15/h2-5,8-9,17H,6-7,10-13H2,1H3,(H,21,23)/t17-/m1/s1. The fourth-order valence-corrected chi connectivity index (χ4v) is 4.20. The Balaban J connectivity index is 1.47. The van der Waals surface area contributed by atoms with Crippen molar-refractivity contribution < 1.29 is 9.21 Å². The highest BCUT2D eigenvalue weighted by molar-refractivity contribution is 5.81. The molecular formula is C19H23N3O2. The Morgan fingerprint density at radius 1 is 1.25 bits per heavy atom. The van der Waals surface area contributed by atoms with E-state index in [9.17, 15) is 4.79 Å². The number of rotatable bonds is 3. The highest BCUT2D eigenvalue weighted by atomic mass is 16.3. The Labute approximate surface area is 142 Å². The van der Waals surface area contributed by atoms with Crippen molar-refractivity contribution in [3.8, 4) is 0 Å². The highest BCUT2D eigenvalue weighted by Gasteiger charge is 2.48. The van der Waals surface area contributed by atoms with Gasteiger partial charge in [0.2, 0.25) is 5.91 Å². The van der Waals surface area contributed by atoms with Crippen LogP contribution in [0.25, 0.3) is 0 Å². The van der Waals surface area contributed by atoms with Crippen LogP contribution in [0.3, 0.4) is 0 Å². The molecule has 1 spiro atoms. The highest BCUT2D eigenvalue weighted by Crippen LogP contribution is 2.43. The quantitative estimate of drug-likeness (QED) is 0.942. The summed E-state index contributed by atoms with van der Waals surface area (Å²) < 4.78 is 5.69. The SMILES string of the molecule is Cc1ccc(CN2CCC3(CC2)NC(=O)C[C@@H]3c2ccncc2)o1. The van der Waals surface area contributed by atoms with E-state index in [0.29, 0.717) is 6.42 Å². The molecule has 4 rings (SSSR count). The van der Waals surface area contributed by atoms with E-state index < -0.39 is 0 Å². The van der Waals surface area contributed by atoms with Crippen LogP contribution in [0.15, 0.2) is 41.1 Å². The molecule has 24 heavy (non-hydrogen) atoms. The van der Waals surface area contributed by atoms with E-state index in [0.717, 1.165) is 44.0 Å². The molecule has 2 saturated heterocycles. The molecule has 1 amide bonds. The maximum Gasteiger partial charge on any atom is 0.221 e. The number of pyridine rings is 1. The van der Waals surface area contributed by atoms with Crippen molar-refractivity contribution in [2.45, 2.75) is 44.2 Å². The first-order chi connectivity index (χ1) is 11.6. The van der Waals surface area contributed by atoms with E-state index in [1.54, 1.807) is 0 Å². The summed E-state index contributed by atoms with van der Waals surface area (Å²) in [6.45, 7) is 4.77. The summed E-state index contributed by atoms with van der Waals surface area (Å²) in [5.41, 5.74) is 1.12. The number of hydrogen-bond acceptors (Lipinski definition) is 4. The molecule has 4 heterocycles. The molecule has 1 atom stereocenters. The molecule has 2 aromatic rings. The minimum absolute atomic E-state index is 0.103. The lowest BCUT2D eigenvalue weighted by Crippen LogP contribution is -2.53. The molecule has 0 aromatic carbocycles. The molecule has 2 aliphatic rings. The van der Waals surface area contributed by atoms with E-state index in [1.807, 2.05) is 37.5 Å². The third kappa shape index (κ3) is 2.84. The van der Waals surface area contributed by atoms with Crippen molar-refractivity contribution >= 4 is 5.91 Å². The Morgan fingerprint density at radius 3 is 2.67 bits per heavy atom. The third-order valence-electron chi connectivity index (χ3n) is 5.48. The van der Waals surface area contributed by atoms with Gasteiger partial charge in [-0.2, -0.15) is 0 Å². The van der Waals surface area contributed by atoms with Crippen LogP contribution in [0.2, 0.25) is 0 Å². The molecule has 0 unspecified atom stereocenters. The van der Waals surface area contributed by atoms with Crippen LogP contribution >= 0.6 is 0 Å². The lowest BCUT2D eigenvalue weighted by atomic mass is 9.74. The third-order valence-corrected chi connectivity index (χ3v) is 5.48. The number of nitrogens with one attached hydrogen (secondary N) is 1. The van der Waals surface area contributed by atoms with Gasteiger partial charge in [0.1, 0.15) is 11.5 Å². The summed E-state index contributed by atoms with van der Waals surface area (Å²) in [4.78, 5) is 18.6. The first-order valence-corrected chi connectivity index (χ1v) is 8.63. The summed E-state index contributed by atoms with van der Waals surface area (Å²) in [5.74, 6) is 2.40. The molecule has 0 saturated carbocycles. The van der Waals surface area contributed by atoms with Crippen LogP contribution in [0.1, 0.15) is 42.3 Å². The lowest BCUT2D eigenvalue weighted by molar-refractivity contribution is -0.120. The average molecular weight is 325 g/mol. The monoisotopic (exact) mass is 325 g/mol. The van der Waals surface area contributed by atoms with E-state index in [-0.39, 0.29) is 17.4 Å². The number of furan rings is 1. The van der Waals surface area contributed by atoms with Crippen molar-refractivity contribution in [1.82, 2.24) is 15.2 Å². The fraction of sp³-hybridized carbons (Fsp3) is 0.474. The van der Waals surface area contributed by atoms with E-state index >= 15 is 0 Å². The zero-order chi connectivity index (χ0) is 16.6. The van der Waals surface area contributed by atoms with Gasteiger partial charge in [-0.3, -0.25) is 14.7 Å². The van der Waals surface area contributed by atoms with Crippen LogP contribution in [0.4, 0.5) is 0 Å². The maximum absolute atomic E-state index is 12.1. The predicted octanol–water partition coefficient (Wildman–Crippen LogP) is 2.62. The van der Waals surface area contributed by atoms with Gasteiger partial charge < -0.3 is 9.73 Å². The minimum Gasteiger partial charge on any atom is -0.465 e. The van der Waals surface area contributed by atoms with Gasteiger partial charge in [-0.1, -0.05) is 0 Å². The molecule has 2 fully saturated rings. The van der Waals surface area contributed by atoms with Crippen LogP contribution in [-0.4, -0.2) is 34.4 Å². The number of amides is 1. The van der Waals surface area contributed by atoms with Gasteiger partial charge in [0, 0.05) is 43.4 Å². The Hall–Kier alpha value is -2.14. The molecule has 5 nitrogen and oxygen atoms in total. The molecule has 2 aromatic heterocycles. The van der Waals surface area contributed by atoms with Gasteiger partial charge in [-0.05, 0) is 49.6 Å². The van der Waals surface area contributed by atoms with E-state index in [1.165, 1.54) is 5.56 Å². The van der Waals surface area contributed by atoms with Crippen LogP contribution < -0.4 is 5.32 Å². The average Bonchev–Trinajstić information content (AvgIpc) is 3.14. The second-order valence-electron chi connectivity index (χ2n) is 7.03. The van der Waals surface area contributed by atoms with Crippen LogP contribution in [0.5, 0.6) is 0 Å². The van der Waals surface area contributed by atoms with Crippen LogP contribution in [0, 0.1) is 6.92 Å². The zero-order valence-corrected chi connectivity index (χ0v) is 14.0. The van der Waals surface area contributed by atoms with Crippen molar-refractivity contribution in [1.29, 1.82) is 0 Å². The van der Waals surface area contributed by atoms with Gasteiger partial charge in [-0.15, -0.1) is 0 Å².